The molecule has 0 aromatic rings. The van der Waals surface area contributed by atoms with E-state index >= 15 is 0 Å². The summed E-state index contributed by atoms with van der Waals surface area (Å²) in [6, 6.07) is 0. The predicted octanol–water partition coefficient (Wildman–Crippen LogP) is -1.84. The Labute approximate surface area is 77.3 Å². The molecule has 2 atom stereocenters. The zero-order valence-electron chi connectivity index (χ0n) is 7.52. The Kier molecular flexibility index (Phi) is 4.14. The molecule has 5 heteroatoms. The van der Waals surface area contributed by atoms with E-state index in [1.54, 1.807) is 0 Å². The minimum absolute atomic E-state index is 0.530. The summed E-state index contributed by atoms with van der Waals surface area (Å²) in [6.45, 7) is 2.51. The first-order valence-corrected chi connectivity index (χ1v) is 4.49. The monoisotopic (exact) mass is 188 g/mol. The SMILES string of the molecule is O=CNCCCN1CC(O)[C@H](O)C1. The van der Waals surface area contributed by atoms with Gasteiger partial charge in [-0.2, -0.15) is 0 Å². The van der Waals surface area contributed by atoms with E-state index in [1.165, 1.54) is 0 Å². The number of hydrogen-bond donors (Lipinski definition) is 3. The number of amides is 1. The molecule has 1 saturated heterocycles. The third-order valence-corrected chi connectivity index (χ3v) is 2.21. The fourth-order valence-corrected chi connectivity index (χ4v) is 1.49. The molecule has 1 fully saturated rings. The molecule has 76 valence electrons. The van der Waals surface area contributed by atoms with Gasteiger partial charge in [-0.3, -0.25) is 9.69 Å². The lowest BCUT2D eigenvalue weighted by Crippen LogP contribution is -2.26. The highest BCUT2D eigenvalue weighted by Crippen LogP contribution is 2.09. The minimum Gasteiger partial charge on any atom is -0.389 e. The molecule has 1 amide bonds. The lowest BCUT2D eigenvalue weighted by molar-refractivity contribution is -0.109. The zero-order chi connectivity index (χ0) is 9.68. The smallest absolute Gasteiger partial charge is 0.207 e. The second-order valence-electron chi connectivity index (χ2n) is 3.32. The second kappa shape index (κ2) is 5.16. The van der Waals surface area contributed by atoms with Crippen LogP contribution in [0.2, 0.25) is 0 Å². The number of rotatable bonds is 5. The van der Waals surface area contributed by atoms with Crippen LogP contribution in [0.3, 0.4) is 0 Å². The number of β-amino-alcohol motifs (C(OH)–C–C–N with tert-alkyl or cyclic N) is 2. The normalized spacial score (nSPS) is 29.1. The van der Waals surface area contributed by atoms with Crippen molar-refractivity contribution in [3.63, 3.8) is 0 Å². The maximum absolute atomic E-state index is 9.90. The number of nitrogens with zero attached hydrogens (tertiary/aromatic N) is 1. The van der Waals surface area contributed by atoms with E-state index in [-0.39, 0.29) is 0 Å². The summed E-state index contributed by atoms with van der Waals surface area (Å²) in [4.78, 5) is 11.9. The molecular weight excluding hydrogens is 172 g/mol. The van der Waals surface area contributed by atoms with E-state index in [1.807, 2.05) is 4.90 Å². The highest BCUT2D eigenvalue weighted by atomic mass is 16.3. The summed E-state index contributed by atoms with van der Waals surface area (Å²) in [7, 11) is 0. The second-order valence-corrected chi connectivity index (χ2v) is 3.32. The molecule has 1 aliphatic rings. The molecule has 0 radical (unpaired) electrons. The number of aliphatic hydroxyl groups excluding tert-OH is 2. The maximum atomic E-state index is 9.90. The van der Waals surface area contributed by atoms with E-state index in [0.29, 0.717) is 26.0 Å². The van der Waals surface area contributed by atoms with Crippen LogP contribution >= 0.6 is 0 Å². The van der Waals surface area contributed by atoms with E-state index in [9.17, 15) is 15.0 Å². The average molecular weight is 188 g/mol. The van der Waals surface area contributed by atoms with Crippen molar-refractivity contribution < 1.29 is 15.0 Å². The highest BCUT2D eigenvalue weighted by molar-refractivity contribution is 5.45. The standard InChI is InChI=1S/C8H16N2O3/c11-6-9-2-1-3-10-4-7(12)8(13)5-10/h6-8,12-13H,1-5H2,(H,9,11)/t7-,8?/m1/s1. The molecule has 0 aromatic heterocycles. The first-order valence-electron chi connectivity index (χ1n) is 4.49. The fraction of sp³-hybridized carbons (Fsp3) is 0.875. The number of aliphatic hydroxyl groups is 2. The van der Waals surface area contributed by atoms with Crippen molar-refractivity contribution in [1.29, 1.82) is 0 Å². The Morgan fingerprint density at radius 1 is 1.38 bits per heavy atom. The first kappa shape index (κ1) is 10.4. The van der Waals surface area contributed by atoms with Crippen molar-refractivity contribution in [3.8, 4) is 0 Å². The van der Waals surface area contributed by atoms with Crippen molar-refractivity contribution in [3.05, 3.63) is 0 Å². The van der Waals surface area contributed by atoms with Gasteiger partial charge in [0.2, 0.25) is 6.41 Å². The number of hydrogen-bond acceptors (Lipinski definition) is 4. The summed E-state index contributed by atoms with van der Waals surface area (Å²) in [5.41, 5.74) is 0. The molecule has 13 heavy (non-hydrogen) atoms. The molecule has 1 aliphatic heterocycles. The largest absolute Gasteiger partial charge is 0.389 e. The Hall–Kier alpha value is -0.650. The molecule has 1 rings (SSSR count). The van der Waals surface area contributed by atoms with Crippen LogP contribution in [0.15, 0.2) is 0 Å². The van der Waals surface area contributed by atoms with Gasteiger partial charge in [0.05, 0.1) is 12.2 Å². The first-order chi connectivity index (χ1) is 6.24. The number of likely N-dealkylation sites (tertiary alicyclic amines) is 1. The van der Waals surface area contributed by atoms with Crippen LogP contribution in [-0.2, 0) is 4.79 Å². The molecule has 5 nitrogen and oxygen atoms in total. The van der Waals surface area contributed by atoms with Gasteiger partial charge in [0.1, 0.15) is 0 Å². The van der Waals surface area contributed by atoms with Gasteiger partial charge in [-0.1, -0.05) is 0 Å². The molecule has 0 spiro atoms. The average Bonchev–Trinajstić information content (AvgIpc) is 2.41. The Balaban J connectivity index is 2.06. The van der Waals surface area contributed by atoms with E-state index in [2.05, 4.69) is 5.32 Å². The van der Waals surface area contributed by atoms with Crippen molar-refractivity contribution in [2.75, 3.05) is 26.2 Å². The van der Waals surface area contributed by atoms with Crippen LogP contribution in [0, 0.1) is 0 Å². The van der Waals surface area contributed by atoms with Gasteiger partial charge in [-0.05, 0) is 6.42 Å². The molecule has 0 aliphatic carbocycles. The number of carbonyl (C=O) groups is 1. The van der Waals surface area contributed by atoms with Crippen LogP contribution in [0.4, 0.5) is 0 Å². The van der Waals surface area contributed by atoms with Crippen LogP contribution < -0.4 is 5.32 Å². The third kappa shape index (κ3) is 3.30. The number of carbonyl (C=O) groups excluding carboxylic acids is 1. The van der Waals surface area contributed by atoms with Crippen LogP contribution in [0.1, 0.15) is 6.42 Å². The van der Waals surface area contributed by atoms with Crippen molar-refractivity contribution in [1.82, 2.24) is 10.2 Å². The summed E-state index contributed by atoms with van der Waals surface area (Å²) >= 11 is 0. The summed E-state index contributed by atoms with van der Waals surface area (Å²) in [5, 5.41) is 21.0. The topological polar surface area (TPSA) is 72.8 Å². The lowest BCUT2D eigenvalue weighted by atomic mass is 10.3. The molecule has 0 saturated carbocycles. The number of nitrogens with one attached hydrogen (secondary N) is 1. The van der Waals surface area contributed by atoms with Gasteiger partial charge in [-0.25, -0.2) is 0 Å². The molecule has 1 heterocycles. The van der Waals surface area contributed by atoms with Crippen molar-refractivity contribution in [2.24, 2.45) is 0 Å². The zero-order valence-corrected chi connectivity index (χ0v) is 7.52. The fourth-order valence-electron chi connectivity index (χ4n) is 1.49. The predicted molar refractivity (Wildman–Crippen MR) is 47.1 cm³/mol. The maximum Gasteiger partial charge on any atom is 0.207 e. The van der Waals surface area contributed by atoms with Crippen LogP contribution in [0.25, 0.3) is 0 Å². The highest BCUT2D eigenvalue weighted by Gasteiger charge is 2.28. The van der Waals surface area contributed by atoms with E-state index in [0.717, 1.165) is 13.0 Å². The molecule has 3 N–H and O–H groups in total. The summed E-state index contributed by atoms with van der Waals surface area (Å²) in [6.07, 6.45) is 0.296. The van der Waals surface area contributed by atoms with Gasteiger partial charge >= 0.3 is 0 Å². The minimum atomic E-state index is -0.612. The van der Waals surface area contributed by atoms with Crippen molar-refractivity contribution >= 4 is 6.41 Å². The van der Waals surface area contributed by atoms with Gasteiger partial charge in [0.15, 0.2) is 0 Å². The molecule has 1 unspecified atom stereocenters. The van der Waals surface area contributed by atoms with Gasteiger partial charge < -0.3 is 15.5 Å². The van der Waals surface area contributed by atoms with Gasteiger partial charge in [0.25, 0.3) is 0 Å². The van der Waals surface area contributed by atoms with E-state index < -0.39 is 12.2 Å². The molecule has 0 aromatic carbocycles. The van der Waals surface area contributed by atoms with E-state index in [4.69, 9.17) is 0 Å². The van der Waals surface area contributed by atoms with Gasteiger partial charge in [0, 0.05) is 26.2 Å². The summed E-state index contributed by atoms with van der Waals surface area (Å²) < 4.78 is 0. The molecular formula is C8H16N2O3. The van der Waals surface area contributed by atoms with Crippen LogP contribution in [-0.4, -0.2) is 59.9 Å². The third-order valence-electron chi connectivity index (χ3n) is 2.21. The Morgan fingerprint density at radius 3 is 2.54 bits per heavy atom. The Morgan fingerprint density at radius 2 is 2.00 bits per heavy atom. The van der Waals surface area contributed by atoms with Crippen molar-refractivity contribution in [2.45, 2.75) is 18.6 Å². The van der Waals surface area contributed by atoms with Crippen LogP contribution in [0.5, 0.6) is 0 Å². The molecule has 0 bridgehead atoms. The quantitative estimate of drug-likeness (QED) is 0.350. The Bertz CT molecular complexity index is 155. The summed E-state index contributed by atoms with van der Waals surface area (Å²) in [5.74, 6) is 0. The van der Waals surface area contributed by atoms with Gasteiger partial charge in [-0.15, -0.1) is 0 Å². The lowest BCUT2D eigenvalue weighted by Gasteiger charge is -2.13.